The van der Waals surface area contributed by atoms with Crippen LogP contribution in [0.3, 0.4) is 0 Å². The van der Waals surface area contributed by atoms with Crippen molar-refractivity contribution in [1.29, 1.82) is 0 Å². The Bertz CT molecular complexity index is 2170. The van der Waals surface area contributed by atoms with E-state index in [4.69, 9.17) is 4.52 Å². The summed E-state index contributed by atoms with van der Waals surface area (Å²) in [5.74, 6) is -0.676. The number of carbonyl (C=O) groups is 4. The maximum atomic E-state index is 13.0. The molecule has 0 bridgehead atoms. The summed E-state index contributed by atoms with van der Waals surface area (Å²) in [6.07, 6.45) is 3.57. The number of nitrogens with zero attached hydrogens (tertiary/aromatic N) is 3. The van der Waals surface area contributed by atoms with E-state index < -0.39 is 5.91 Å². The molecule has 5 aromatic rings. The van der Waals surface area contributed by atoms with E-state index in [1.165, 1.54) is 23.1 Å². The van der Waals surface area contributed by atoms with Crippen molar-refractivity contribution in [3.63, 3.8) is 0 Å². The molecule has 3 aromatic carbocycles. The number of unbranched alkanes of at least 4 members (excludes halogenated alkanes) is 1. The van der Waals surface area contributed by atoms with Crippen molar-refractivity contribution in [2.24, 2.45) is 0 Å². The summed E-state index contributed by atoms with van der Waals surface area (Å²) in [4.78, 5) is 57.7. The van der Waals surface area contributed by atoms with Crippen molar-refractivity contribution in [2.75, 3.05) is 33.7 Å². The molecule has 1 aliphatic rings. The lowest BCUT2D eigenvalue weighted by molar-refractivity contribution is -0.121. The Morgan fingerprint density at radius 3 is 2.38 bits per heavy atom. The van der Waals surface area contributed by atoms with E-state index in [9.17, 15) is 24.3 Å². The molecule has 4 N–H and O–H groups in total. The number of aryl methyl sites for hydroxylation is 2. The number of hydrogen-bond acceptors (Lipinski definition) is 9. The summed E-state index contributed by atoms with van der Waals surface area (Å²) in [6.45, 7) is 5.46. The van der Waals surface area contributed by atoms with Gasteiger partial charge in [0, 0.05) is 63.3 Å². The van der Waals surface area contributed by atoms with Crippen LogP contribution in [0.25, 0.3) is 21.8 Å². The van der Waals surface area contributed by atoms with E-state index in [0.717, 1.165) is 58.5 Å². The first-order chi connectivity index (χ1) is 26.5. The number of carbonyl (C=O) groups excluding carboxylic acids is 4. The maximum absolute atomic E-state index is 13.0. The highest BCUT2D eigenvalue weighted by molar-refractivity contribution is 7.13. The molecule has 12 nitrogen and oxygen atoms in total. The number of thiazole rings is 1. The Morgan fingerprint density at radius 2 is 1.67 bits per heavy atom. The van der Waals surface area contributed by atoms with Crippen LogP contribution in [-0.4, -0.2) is 77.5 Å². The SMILES string of the molecule is Cc1ncsc1-c1ccc([C@@H](C)CC(=O)NCCCCNC(=O)c2ccc3c(c2)C(CNC(=O)c2cc(-c4ccc(C(=O)N(C)C)c(O)c4)on2)CC3)cc1. The van der Waals surface area contributed by atoms with Gasteiger partial charge < -0.3 is 30.5 Å². The number of fused-ring (bicyclic) bond motifs is 1. The van der Waals surface area contributed by atoms with E-state index >= 15 is 0 Å². The first-order valence-corrected chi connectivity index (χ1v) is 19.3. The molecule has 0 saturated carbocycles. The molecule has 6 rings (SSSR count). The number of nitrogens with one attached hydrogen (secondary N) is 3. The van der Waals surface area contributed by atoms with Crippen molar-refractivity contribution in [3.05, 3.63) is 111 Å². The molecule has 2 atom stereocenters. The Labute approximate surface area is 324 Å². The zero-order chi connectivity index (χ0) is 39.1. The van der Waals surface area contributed by atoms with Crippen molar-refractivity contribution in [1.82, 2.24) is 31.0 Å². The van der Waals surface area contributed by atoms with E-state index in [1.54, 1.807) is 31.5 Å². The Balaban J connectivity index is 0.910. The fraction of sp³-hybridized carbons (Fsp3) is 0.333. The number of benzene rings is 3. The second-order valence-electron chi connectivity index (χ2n) is 14.2. The zero-order valence-electron chi connectivity index (χ0n) is 31.5. The standard InChI is InChI=1S/C42H46N6O6S/c1-25(27-7-11-29(12-8-27)39-26(2)46-24-55-39)19-38(50)43-17-5-6-18-44-40(51)31-13-9-28-10-14-32(34(28)20-31)23-45-41(52)35-22-37(54-47-35)30-15-16-33(36(49)21-30)42(53)48(3)4/h7-9,11-13,15-16,20-22,24-25,32,49H,5-6,10,14,17-19,23H2,1-4H3,(H,43,50)(H,44,51)(H,45,52)/t25-,32?/m0/s1. The van der Waals surface area contributed by atoms with Gasteiger partial charge in [-0.1, -0.05) is 48.5 Å². The van der Waals surface area contributed by atoms with Crippen molar-refractivity contribution in [3.8, 4) is 27.5 Å². The molecule has 13 heteroatoms. The van der Waals surface area contributed by atoms with Gasteiger partial charge in [0.05, 0.1) is 21.6 Å². The van der Waals surface area contributed by atoms with Gasteiger partial charge >= 0.3 is 0 Å². The van der Waals surface area contributed by atoms with Crippen LogP contribution in [0.2, 0.25) is 0 Å². The summed E-state index contributed by atoms with van der Waals surface area (Å²) in [6, 6.07) is 20.1. The summed E-state index contributed by atoms with van der Waals surface area (Å²) >= 11 is 1.63. The van der Waals surface area contributed by atoms with Gasteiger partial charge in [0.15, 0.2) is 11.5 Å². The number of rotatable bonds is 15. The lowest BCUT2D eigenvalue weighted by atomic mass is 9.96. The molecular weight excluding hydrogens is 717 g/mol. The van der Waals surface area contributed by atoms with E-state index in [2.05, 4.69) is 57.3 Å². The van der Waals surface area contributed by atoms with Crippen LogP contribution in [0, 0.1) is 6.92 Å². The van der Waals surface area contributed by atoms with Gasteiger partial charge in [0.25, 0.3) is 17.7 Å². The molecule has 55 heavy (non-hydrogen) atoms. The zero-order valence-corrected chi connectivity index (χ0v) is 32.3. The number of phenols is 1. The minimum Gasteiger partial charge on any atom is -0.507 e. The first-order valence-electron chi connectivity index (χ1n) is 18.5. The van der Waals surface area contributed by atoms with Crippen molar-refractivity contribution in [2.45, 2.75) is 57.8 Å². The molecule has 1 unspecified atom stereocenters. The highest BCUT2D eigenvalue weighted by Gasteiger charge is 2.25. The molecule has 1 aliphatic carbocycles. The van der Waals surface area contributed by atoms with Crippen molar-refractivity contribution < 1.29 is 28.8 Å². The van der Waals surface area contributed by atoms with Gasteiger partial charge in [-0.3, -0.25) is 19.2 Å². The fourth-order valence-corrected chi connectivity index (χ4v) is 7.58. The van der Waals surface area contributed by atoms with Crippen LogP contribution < -0.4 is 16.0 Å². The summed E-state index contributed by atoms with van der Waals surface area (Å²) in [7, 11) is 3.20. The van der Waals surface area contributed by atoms with Gasteiger partial charge in [-0.2, -0.15) is 0 Å². The maximum Gasteiger partial charge on any atom is 0.273 e. The molecule has 0 fully saturated rings. The van der Waals surface area contributed by atoms with Gasteiger partial charge in [0.2, 0.25) is 5.91 Å². The Kier molecular flexibility index (Phi) is 12.4. The quantitative estimate of drug-likeness (QED) is 0.0883. The predicted molar refractivity (Wildman–Crippen MR) is 211 cm³/mol. The molecule has 0 aliphatic heterocycles. The second-order valence-corrected chi connectivity index (χ2v) is 15.0. The lowest BCUT2D eigenvalue weighted by Crippen LogP contribution is -2.28. The van der Waals surface area contributed by atoms with Crippen LogP contribution in [0.4, 0.5) is 0 Å². The summed E-state index contributed by atoms with van der Waals surface area (Å²) in [5, 5.41) is 23.2. The minimum absolute atomic E-state index is 0.0101. The molecular formula is C42H46N6O6S. The molecule has 0 spiro atoms. The van der Waals surface area contributed by atoms with Crippen molar-refractivity contribution >= 4 is 35.0 Å². The average molecular weight is 763 g/mol. The Morgan fingerprint density at radius 1 is 0.927 bits per heavy atom. The van der Waals surface area contributed by atoms with E-state index in [1.807, 2.05) is 30.6 Å². The smallest absolute Gasteiger partial charge is 0.273 e. The second kappa shape index (κ2) is 17.5. The van der Waals surface area contributed by atoms with Gasteiger partial charge in [-0.05, 0) is 85.0 Å². The Hall–Kier alpha value is -5.82. The monoisotopic (exact) mass is 762 g/mol. The molecule has 4 amide bonds. The normalized spacial score (nSPS) is 13.9. The van der Waals surface area contributed by atoms with Crippen LogP contribution in [0.1, 0.15) is 98.0 Å². The summed E-state index contributed by atoms with van der Waals surface area (Å²) in [5.41, 5.74) is 8.62. The third-order valence-electron chi connectivity index (χ3n) is 9.97. The number of hydrogen-bond donors (Lipinski definition) is 4. The highest BCUT2D eigenvalue weighted by atomic mass is 32.1. The lowest BCUT2D eigenvalue weighted by Gasteiger charge is -2.14. The van der Waals surface area contributed by atoms with Gasteiger partial charge in [0.1, 0.15) is 5.75 Å². The molecule has 2 aromatic heterocycles. The molecule has 286 valence electrons. The van der Waals surface area contributed by atoms with Crippen LogP contribution in [0.5, 0.6) is 5.75 Å². The number of amides is 4. The molecule has 0 saturated heterocycles. The largest absolute Gasteiger partial charge is 0.507 e. The highest BCUT2D eigenvalue weighted by Crippen LogP contribution is 2.34. The molecule has 0 radical (unpaired) electrons. The topological polar surface area (TPSA) is 167 Å². The summed E-state index contributed by atoms with van der Waals surface area (Å²) < 4.78 is 5.37. The first kappa shape index (κ1) is 38.9. The van der Waals surface area contributed by atoms with Gasteiger partial charge in [-0.25, -0.2) is 4.98 Å². The molecule has 2 heterocycles. The van der Waals surface area contributed by atoms with Gasteiger partial charge in [-0.15, -0.1) is 11.3 Å². The number of aromatic hydroxyl groups is 1. The van der Waals surface area contributed by atoms with Crippen LogP contribution in [-0.2, 0) is 11.2 Å². The van der Waals surface area contributed by atoms with Crippen LogP contribution >= 0.6 is 11.3 Å². The van der Waals surface area contributed by atoms with Crippen LogP contribution in [0.15, 0.2) is 76.8 Å². The minimum atomic E-state index is -0.403. The average Bonchev–Trinajstić information content (AvgIpc) is 3.95. The fourth-order valence-electron chi connectivity index (χ4n) is 6.76. The third-order valence-corrected chi connectivity index (χ3v) is 10.9. The van der Waals surface area contributed by atoms with E-state index in [-0.39, 0.29) is 52.3 Å². The third kappa shape index (κ3) is 9.47. The van der Waals surface area contributed by atoms with E-state index in [0.29, 0.717) is 37.2 Å². The predicted octanol–water partition coefficient (Wildman–Crippen LogP) is 6.46. The number of phenolic OH excluding ortho intramolecular Hbond substituents is 1. The number of aromatic nitrogens is 2.